The summed E-state index contributed by atoms with van der Waals surface area (Å²) in [6, 6.07) is 7.49. The van der Waals surface area contributed by atoms with Crippen LogP contribution in [0.3, 0.4) is 0 Å². The summed E-state index contributed by atoms with van der Waals surface area (Å²) in [5.74, 6) is -0.327. The first-order chi connectivity index (χ1) is 13.1. The number of para-hydroxylation sites is 1. The van der Waals surface area contributed by atoms with Gasteiger partial charge in [-0.2, -0.15) is 10.1 Å². The summed E-state index contributed by atoms with van der Waals surface area (Å²) >= 11 is 0. The van der Waals surface area contributed by atoms with Gasteiger partial charge in [-0.15, -0.1) is 0 Å². The molecule has 2 N–H and O–H groups in total. The lowest BCUT2D eigenvalue weighted by molar-refractivity contribution is 0.0697. The van der Waals surface area contributed by atoms with E-state index in [-0.39, 0.29) is 17.2 Å². The highest BCUT2D eigenvalue weighted by atomic mass is 16.5. The van der Waals surface area contributed by atoms with Gasteiger partial charge in [-0.3, -0.25) is 9.78 Å². The number of benzene rings is 1. The number of hydrogen-bond donors (Lipinski definition) is 2. The molecule has 0 bridgehead atoms. The standard InChI is InChI=1S/C17H14N6O4/c1-27-12-5-3-2-4-10(12)7-22-9-18-14-13(22)15(24)21-17(20-14)23-8-11(6-19-23)16(25)26/h2-6,8-9H,7H2,1H3,(H,25,26)(H,20,21,24). The fourth-order valence-corrected chi connectivity index (χ4v) is 2.77. The molecule has 10 heteroatoms. The molecule has 27 heavy (non-hydrogen) atoms. The normalized spacial score (nSPS) is 11.0. The Hall–Kier alpha value is -3.95. The van der Waals surface area contributed by atoms with Crippen molar-refractivity contribution in [3.63, 3.8) is 0 Å². The molecule has 0 radical (unpaired) electrons. The van der Waals surface area contributed by atoms with E-state index in [4.69, 9.17) is 9.84 Å². The van der Waals surface area contributed by atoms with E-state index in [0.29, 0.717) is 17.8 Å². The zero-order chi connectivity index (χ0) is 19.0. The van der Waals surface area contributed by atoms with Gasteiger partial charge < -0.3 is 14.4 Å². The highest BCUT2D eigenvalue weighted by Crippen LogP contribution is 2.19. The zero-order valence-electron chi connectivity index (χ0n) is 14.2. The summed E-state index contributed by atoms with van der Waals surface area (Å²) in [5, 5.41) is 12.9. The van der Waals surface area contributed by atoms with Gasteiger partial charge in [0.2, 0.25) is 5.95 Å². The van der Waals surface area contributed by atoms with Crippen LogP contribution in [0.4, 0.5) is 0 Å². The van der Waals surface area contributed by atoms with Crippen molar-refractivity contribution in [1.29, 1.82) is 0 Å². The number of nitrogens with zero attached hydrogens (tertiary/aromatic N) is 5. The fourth-order valence-electron chi connectivity index (χ4n) is 2.77. The molecule has 0 aliphatic heterocycles. The molecule has 0 saturated heterocycles. The highest BCUT2D eigenvalue weighted by molar-refractivity contribution is 5.86. The van der Waals surface area contributed by atoms with Crippen molar-refractivity contribution in [2.75, 3.05) is 7.11 Å². The molecule has 0 spiro atoms. The number of H-pyrrole nitrogens is 1. The van der Waals surface area contributed by atoms with Gasteiger partial charge in [0.15, 0.2) is 11.2 Å². The van der Waals surface area contributed by atoms with Crippen LogP contribution in [-0.2, 0) is 6.54 Å². The Morgan fingerprint density at radius 3 is 2.89 bits per heavy atom. The van der Waals surface area contributed by atoms with Gasteiger partial charge in [0.05, 0.1) is 31.7 Å². The minimum atomic E-state index is -1.12. The van der Waals surface area contributed by atoms with Gasteiger partial charge in [-0.1, -0.05) is 18.2 Å². The van der Waals surface area contributed by atoms with Gasteiger partial charge in [-0.25, -0.2) is 14.5 Å². The van der Waals surface area contributed by atoms with Crippen LogP contribution in [0.25, 0.3) is 17.1 Å². The van der Waals surface area contributed by atoms with Crippen LogP contribution in [0, 0.1) is 0 Å². The lowest BCUT2D eigenvalue weighted by atomic mass is 10.2. The number of hydrogen-bond acceptors (Lipinski definition) is 6. The minimum absolute atomic E-state index is 0.0144. The van der Waals surface area contributed by atoms with Crippen LogP contribution in [0.15, 0.2) is 47.8 Å². The number of methoxy groups -OCH3 is 1. The van der Waals surface area contributed by atoms with Crippen LogP contribution in [0.1, 0.15) is 15.9 Å². The van der Waals surface area contributed by atoms with Crippen molar-refractivity contribution >= 4 is 17.1 Å². The topological polar surface area (TPSA) is 128 Å². The first-order valence-electron chi connectivity index (χ1n) is 7.92. The lowest BCUT2D eigenvalue weighted by Crippen LogP contribution is -2.16. The molecule has 3 heterocycles. The second-order valence-electron chi connectivity index (χ2n) is 5.72. The number of aromatic carboxylic acids is 1. The second kappa shape index (κ2) is 6.41. The second-order valence-corrected chi connectivity index (χ2v) is 5.72. The number of nitrogens with one attached hydrogen (secondary N) is 1. The van der Waals surface area contributed by atoms with E-state index in [1.54, 1.807) is 11.7 Å². The maximum Gasteiger partial charge on any atom is 0.338 e. The van der Waals surface area contributed by atoms with E-state index < -0.39 is 11.5 Å². The summed E-state index contributed by atoms with van der Waals surface area (Å²) in [5.41, 5.74) is 1.00. The van der Waals surface area contributed by atoms with Crippen molar-refractivity contribution in [2.24, 2.45) is 0 Å². The van der Waals surface area contributed by atoms with Crippen LogP contribution in [0.2, 0.25) is 0 Å². The molecule has 1 aromatic carbocycles. The summed E-state index contributed by atoms with van der Waals surface area (Å²) in [6.07, 6.45) is 3.96. The predicted molar refractivity (Wildman–Crippen MR) is 94.3 cm³/mol. The summed E-state index contributed by atoms with van der Waals surface area (Å²) in [6.45, 7) is 0.384. The zero-order valence-corrected chi connectivity index (χ0v) is 14.2. The van der Waals surface area contributed by atoms with E-state index in [9.17, 15) is 9.59 Å². The number of imidazole rings is 1. The first kappa shape index (κ1) is 16.5. The molecular weight excluding hydrogens is 352 g/mol. The van der Waals surface area contributed by atoms with Crippen LogP contribution in [0.5, 0.6) is 5.75 Å². The third kappa shape index (κ3) is 2.92. The smallest absolute Gasteiger partial charge is 0.338 e. The molecule has 0 aliphatic carbocycles. The number of carboxylic acids is 1. The third-order valence-corrected chi connectivity index (χ3v) is 4.05. The van der Waals surface area contributed by atoms with E-state index in [1.165, 1.54) is 23.4 Å². The van der Waals surface area contributed by atoms with E-state index in [2.05, 4.69) is 20.1 Å². The molecule has 0 saturated carbocycles. The number of aromatic nitrogens is 6. The first-order valence-corrected chi connectivity index (χ1v) is 7.92. The maximum absolute atomic E-state index is 12.6. The highest BCUT2D eigenvalue weighted by Gasteiger charge is 2.15. The summed E-state index contributed by atoms with van der Waals surface area (Å²) in [7, 11) is 1.58. The van der Waals surface area contributed by atoms with E-state index >= 15 is 0 Å². The lowest BCUT2D eigenvalue weighted by Gasteiger charge is -2.09. The van der Waals surface area contributed by atoms with Crippen LogP contribution >= 0.6 is 0 Å². The Bertz CT molecular complexity index is 1210. The average Bonchev–Trinajstić information content (AvgIpc) is 3.30. The molecule has 3 aromatic heterocycles. The number of fused-ring (bicyclic) bond motifs is 1. The van der Waals surface area contributed by atoms with Crippen molar-refractivity contribution in [1.82, 2.24) is 29.3 Å². The molecule has 0 fully saturated rings. The SMILES string of the molecule is COc1ccccc1Cn1cnc2nc(-n3cc(C(=O)O)cn3)[nH]c(=O)c21. The largest absolute Gasteiger partial charge is 0.496 e. The van der Waals surface area contributed by atoms with Gasteiger partial charge in [0.25, 0.3) is 5.56 Å². The number of ether oxygens (including phenoxy) is 1. The predicted octanol–water partition coefficient (Wildman–Crippen LogP) is 1.06. The Kier molecular flexibility index (Phi) is 3.92. The summed E-state index contributed by atoms with van der Waals surface area (Å²) in [4.78, 5) is 34.7. The molecular formula is C17H14N6O4. The van der Waals surface area contributed by atoms with Crippen molar-refractivity contribution in [2.45, 2.75) is 6.54 Å². The number of carboxylic acid groups (broad SMARTS) is 1. The average molecular weight is 366 g/mol. The molecule has 0 amide bonds. The molecule has 0 unspecified atom stereocenters. The third-order valence-electron chi connectivity index (χ3n) is 4.05. The van der Waals surface area contributed by atoms with Crippen LogP contribution < -0.4 is 10.3 Å². The molecule has 136 valence electrons. The van der Waals surface area contributed by atoms with Crippen molar-refractivity contribution in [3.8, 4) is 11.7 Å². The van der Waals surface area contributed by atoms with Crippen molar-refractivity contribution < 1.29 is 14.6 Å². The molecule has 0 aliphatic rings. The van der Waals surface area contributed by atoms with Gasteiger partial charge in [0.1, 0.15) is 5.75 Å². The number of rotatable bonds is 5. The number of aromatic amines is 1. The van der Waals surface area contributed by atoms with Gasteiger partial charge in [0, 0.05) is 11.8 Å². The van der Waals surface area contributed by atoms with Gasteiger partial charge >= 0.3 is 5.97 Å². The Balaban J connectivity index is 1.75. The molecule has 4 aromatic rings. The van der Waals surface area contributed by atoms with E-state index in [0.717, 1.165) is 5.56 Å². The Morgan fingerprint density at radius 1 is 1.33 bits per heavy atom. The van der Waals surface area contributed by atoms with E-state index in [1.807, 2.05) is 24.3 Å². The quantitative estimate of drug-likeness (QED) is 0.540. The Labute approximate surface area is 151 Å². The Morgan fingerprint density at radius 2 is 2.15 bits per heavy atom. The maximum atomic E-state index is 12.6. The minimum Gasteiger partial charge on any atom is -0.496 e. The molecule has 10 nitrogen and oxygen atoms in total. The van der Waals surface area contributed by atoms with Crippen LogP contribution in [-0.4, -0.2) is 47.5 Å². The molecule has 4 rings (SSSR count). The monoisotopic (exact) mass is 366 g/mol. The number of carbonyl (C=O) groups is 1. The van der Waals surface area contributed by atoms with Crippen molar-refractivity contribution in [3.05, 3.63) is 64.5 Å². The fraction of sp³-hybridized carbons (Fsp3) is 0.118. The summed E-state index contributed by atoms with van der Waals surface area (Å²) < 4.78 is 8.20. The van der Waals surface area contributed by atoms with Gasteiger partial charge in [-0.05, 0) is 6.07 Å². The molecule has 0 atom stereocenters.